The Balaban J connectivity index is 2.14. The molecule has 0 aliphatic carbocycles. The zero-order valence-corrected chi connectivity index (χ0v) is 11.3. The van der Waals surface area contributed by atoms with E-state index in [0.29, 0.717) is 6.54 Å². The average molecular weight is 280 g/mol. The average Bonchev–Trinajstić information content (AvgIpc) is 2.93. The number of rotatable bonds is 5. The second kappa shape index (κ2) is 5.52. The van der Waals surface area contributed by atoms with Gasteiger partial charge in [0, 0.05) is 12.6 Å². The monoisotopic (exact) mass is 280 g/mol. The number of nitrogens with one attached hydrogen (secondary N) is 2. The van der Waals surface area contributed by atoms with Gasteiger partial charge in [-0.2, -0.15) is 5.10 Å². The van der Waals surface area contributed by atoms with Gasteiger partial charge in [-0.1, -0.05) is 24.3 Å². The Bertz CT molecular complexity index is 620. The lowest BCUT2D eigenvalue weighted by atomic mass is 10.1. The molecule has 6 nitrogen and oxygen atoms in total. The van der Waals surface area contributed by atoms with E-state index in [0.717, 1.165) is 11.1 Å². The lowest BCUT2D eigenvalue weighted by Gasteiger charge is -2.14. The van der Waals surface area contributed by atoms with Crippen LogP contribution in [-0.2, 0) is 16.6 Å². The molecule has 0 saturated heterocycles. The first-order valence-electron chi connectivity index (χ1n) is 5.83. The third-order valence-electron chi connectivity index (χ3n) is 2.81. The summed E-state index contributed by atoms with van der Waals surface area (Å²) >= 11 is 0. The number of H-pyrrole nitrogens is 1. The van der Waals surface area contributed by atoms with Crippen molar-refractivity contribution in [2.75, 3.05) is 0 Å². The van der Waals surface area contributed by atoms with Crippen molar-refractivity contribution < 1.29 is 8.42 Å². The number of aromatic amines is 1. The van der Waals surface area contributed by atoms with Crippen LogP contribution in [0, 0.1) is 0 Å². The van der Waals surface area contributed by atoms with E-state index >= 15 is 0 Å². The number of nitrogens with two attached hydrogens (primary N) is 1. The van der Waals surface area contributed by atoms with Crippen molar-refractivity contribution in [3.8, 4) is 0 Å². The number of benzene rings is 1. The minimum absolute atomic E-state index is 0.0536. The predicted molar refractivity (Wildman–Crippen MR) is 71.7 cm³/mol. The molecule has 1 aromatic heterocycles. The molecule has 0 saturated carbocycles. The lowest BCUT2D eigenvalue weighted by Crippen LogP contribution is -2.27. The normalized spacial score (nSPS) is 13.4. The van der Waals surface area contributed by atoms with Crippen LogP contribution in [0.1, 0.15) is 24.1 Å². The number of hydrogen-bond donors (Lipinski definition) is 3. The summed E-state index contributed by atoms with van der Waals surface area (Å²) < 4.78 is 26.6. The fraction of sp³-hybridized carbons (Fsp3) is 0.250. The summed E-state index contributed by atoms with van der Waals surface area (Å²) in [6, 6.07) is 8.57. The molecule has 1 unspecified atom stereocenters. The summed E-state index contributed by atoms with van der Waals surface area (Å²) in [5, 5.41) is 6.12. The Morgan fingerprint density at radius 3 is 2.53 bits per heavy atom. The van der Waals surface area contributed by atoms with Crippen molar-refractivity contribution in [1.82, 2.24) is 14.9 Å². The quantitative estimate of drug-likeness (QED) is 0.757. The van der Waals surface area contributed by atoms with E-state index < -0.39 is 10.0 Å². The SMILES string of the molecule is CC(NS(=O)(=O)c1ccn[nH]1)c1ccc(CN)cc1. The summed E-state index contributed by atoms with van der Waals surface area (Å²) in [6.45, 7) is 2.25. The van der Waals surface area contributed by atoms with Crippen molar-refractivity contribution in [1.29, 1.82) is 0 Å². The van der Waals surface area contributed by atoms with Crippen LogP contribution in [0.15, 0.2) is 41.6 Å². The maximum absolute atomic E-state index is 12.0. The van der Waals surface area contributed by atoms with Crippen LogP contribution >= 0.6 is 0 Å². The van der Waals surface area contributed by atoms with Crippen LogP contribution in [0.5, 0.6) is 0 Å². The van der Waals surface area contributed by atoms with Gasteiger partial charge in [-0.25, -0.2) is 13.1 Å². The van der Waals surface area contributed by atoms with Crippen molar-refractivity contribution in [3.05, 3.63) is 47.7 Å². The van der Waals surface area contributed by atoms with Crippen molar-refractivity contribution in [2.45, 2.75) is 24.5 Å². The molecule has 0 aliphatic heterocycles. The van der Waals surface area contributed by atoms with Crippen molar-refractivity contribution in [3.63, 3.8) is 0 Å². The Hall–Kier alpha value is -1.70. The lowest BCUT2D eigenvalue weighted by molar-refractivity contribution is 0.562. The van der Waals surface area contributed by atoms with Crippen LogP contribution in [0.2, 0.25) is 0 Å². The molecule has 4 N–H and O–H groups in total. The highest BCUT2D eigenvalue weighted by Crippen LogP contribution is 2.16. The van der Waals surface area contributed by atoms with E-state index in [1.807, 2.05) is 24.3 Å². The summed E-state index contributed by atoms with van der Waals surface area (Å²) in [5.41, 5.74) is 7.40. The van der Waals surface area contributed by atoms with Crippen molar-refractivity contribution in [2.24, 2.45) is 5.73 Å². The summed E-state index contributed by atoms with van der Waals surface area (Å²) in [5.74, 6) is 0. The Morgan fingerprint density at radius 2 is 2.00 bits per heavy atom. The topological polar surface area (TPSA) is 101 Å². The number of nitrogens with zero attached hydrogens (tertiary/aromatic N) is 1. The van der Waals surface area contributed by atoms with E-state index in [-0.39, 0.29) is 11.1 Å². The van der Waals surface area contributed by atoms with Crippen LogP contribution in [0.3, 0.4) is 0 Å². The van der Waals surface area contributed by atoms with E-state index in [2.05, 4.69) is 14.9 Å². The molecule has 0 aliphatic rings. The summed E-state index contributed by atoms with van der Waals surface area (Å²) in [6.07, 6.45) is 1.40. The second-order valence-electron chi connectivity index (χ2n) is 4.21. The van der Waals surface area contributed by atoms with E-state index in [9.17, 15) is 8.42 Å². The molecule has 2 aromatic rings. The number of sulfonamides is 1. The molecule has 0 amide bonds. The first kappa shape index (κ1) is 13.7. The maximum Gasteiger partial charge on any atom is 0.258 e. The standard InChI is InChI=1S/C12H16N4O2S/c1-9(11-4-2-10(8-13)3-5-11)16-19(17,18)12-6-7-14-15-12/h2-7,9,16H,8,13H2,1H3,(H,14,15). The largest absolute Gasteiger partial charge is 0.326 e. The van der Waals surface area contributed by atoms with Crippen LogP contribution in [0.25, 0.3) is 0 Å². The molecule has 102 valence electrons. The highest BCUT2D eigenvalue weighted by atomic mass is 32.2. The second-order valence-corrected chi connectivity index (χ2v) is 5.89. The molecule has 1 heterocycles. The molecule has 1 aromatic carbocycles. The Labute approximate surface area is 112 Å². The van der Waals surface area contributed by atoms with Gasteiger partial charge in [-0.15, -0.1) is 0 Å². The molecule has 0 fully saturated rings. The Kier molecular flexibility index (Phi) is 3.98. The summed E-state index contributed by atoms with van der Waals surface area (Å²) in [7, 11) is -3.57. The smallest absolute Gasteiger partial charge is 0.258 e. The minimum Gasteiger partial charge on any atom is -0.326 e. The Morgan fingerprint density at radius 1 is 1.32 bits per heavy atom. The fourth-order valence-electron chi connectivity index (χ4n) is 1.70. The molecule has 0 spiro atoms. The zero-order valence-electron chi connectivity index (χ0n) is 10.5. The zero-order chi connectivity index (χ0) is 13.9. The predicted octanol–water partition coefficient (Wildman–Crippen LogP) is 0.908. The van der Waals surface area contributed by atoms with Gasteiger partial charge < -0.3 is 5.73 Å². The first-order chi connectivity index (χ1) is 9.03. The first-order valence-corrected chi connectivity index (χ1v) is 7.32. The summed E-state index contributed by atoms with van der Waals surface area (Å²) in [4.78, 5) is 0. The van der Waals surface area contributed by atoms with Crippen LogP contribution in [-0.4, -0.2) is 18.6 Å². The third-order valence-corrected chi connectivity index (χ3v) is 4.28. The van der Waals surface area contributed by atoms with Gasteiger partial charge in [-0.3, -0.25) is 5.10 Å². The van der Waals surface area contributed by atoms with Gasteiger partial charge in [0.25, 0.3) is 10.0 Å². The highest BCUT2D eigenvalue weighted by Gasteiger charge is 2.19. The van der Waals surface area contributed by atoms with Crippen molar-refractivity contribution >= 4 is 10.0 Å². The highest BCUT2D eigenvalue weighted by molar-refractivity contribution is 7.89. The number of aromatic nitrogens is 2. The number of hydrogen-bond acceptors (Lipinski definition) is 4. The fourth-order valence-corrected chi connectivity index (χ4v) is 2.84. The maximum atomic E-state index is 12.0. The van der Waals surface area contributed by atoms with Crippen LogP contribution in [0.4, 0.5) is 0 Å². The molecule has 1 atom stereocenters. The molecule has 19 heavy (non-hydrogen) atoms. The minimum atomic E-state index is -3.57. The molecule has 0 radical (unpaired) electrons. The molecule has 7 heteroatoms. The van der Waals surface area contributed by atoms with Gasteiger partial charge in [-0.05, 0) is 24.1 Å². The molecular weight excluding hydrogens is 264 g/mol. The van der Waals surface area contributed by atoms with E-state index in [4.69, 9.17) is 5.73 Å². The molecular formula is C12H16N4O2S. The van der Waals surface area contributed by atoms with Gasteiger partial charge >= 0.3 is 0 Å². The van der Waals surface area contributed by atoms with Crippen LogP contribution < -0.4 is 10.5 Å². The van der Waals surface area contributed by atoms with Gasteiger partial charge in [0.1, 0.15) is 0 Å². The molecule has 2 rings (SSSR count). The third kappa shape index (κ3) is 3.19. The van der Waals surface area contributed by atoms with Gasteiger partial charge in [0.15, 0.2) is 5.03 Å². The van der Waals surface area contributed by atoms with Gasteiger partial charge in [0.2, 0.25) is 0 Å². The van der Waals surface area contributed by atoms with E-state index in [1.54, 1.807) is 6.92 Å². The van der Waals surface area contributed by atoms with E-state index in [1.165, 1.54) is 12.3 Å². The van der Waals surface area contributed by atoms with Gasteiger partial charge in [0.05, 0.1) is 6.20 Å². The molecule has 0 bridgehead atoms.